The highest BCUT2D eigenvalue weighted by Crippen LogP contribution is 2.37. The first-order valence-corrected chi connectivity index (χ1v) is 11.6. The first kappa shape index (κ1) is 23.0. The fraction of sp³-hybridized carbons (Fsp3) is 0.346. The molecule has 0 amide bonds. The van der Waals surface area contributed by atoms with Gasteiger partial charge in [0.25, 0.3) is 5.89 Å². The van der Waals surface area contributed by atoms with Gasteiger partial charge >= 0.3 is 0 Å². The van der Waals surface area contributed by atoms with E-state index in [0.29, 0.717) is 17.6 Å². The number of hydrogen-bond donors (Lipinski definition) is 1. The smallest absolute Gasteiger partial charge is 0.258 e. The number of ether oxygens (including phenoxy) is 1. The highest BCUT2D eigenvalue weighted by Gasteiger charge is 2.34. The predicted molar refractivity (Wildman–Crippen MR) is 135 cm³/mol. The van der Waals surface area contributed by atoms with Gasteiger partial charge < -0.3 is 19.5 Å². The maximum absolute atomic E-state index is 5.82. The van der Waals surface area contributed by atoms with Gasteiger partial charge in [-0.25, -0.2) is 0 Å². The lowest BCUT2D eigenvalue weighted by atomic mass is 9.94. The number of aryl methyl sites for hydroxylation is 1. The molecule has 0 radical (unpaired) electrons. The summed E-state index contributed by atoms with van der Waals surface area (Å²) < 4.78 is 11.2. The van der Waals surface area contributed by atoms with Gasteiger partial charge in [-0.15, -0.1) is 0 Å². The van der Waals surface area contributed by atoms with Crippen LogP contribution in [0.15, 0.2) is 58.8 Å². The minimum Gasteiger partial charge on any atom is -0.497 e. The molecule has 2 heterocycles. The van der Waals surface area contributed by atoms with Crippen molar-refractivity contribution in [1.82, 2.24) is 20.4 Å². The van der Waals surface area contributed by atoms with Crippen molar-refractivity contribution in [3.8, 4) is 17.1 Å². The summed E-state index contributed by atoms with van der Waals surface area (Å²) in [6.07, 6.45) is 1.03. The zero-order valence-corrected chi connectivity index (χ0v) is 20.6. The molecule has 0 aliphatic carbocycles. The van der Waals surface area contributed by atoms with Gasteiger partial charge in [0.05, 0.1) is 18.7 Å². The highest BCUT2D eigenvalue weighted by molar-refractivity contribution is 7.80. The number of nitrogens with one attached hydrogen (secondary N) is 1. The Morgan fingerprint density at radius 3 is 2.61 bits per heavy atom. The van der Waals surface area contributed by atoms with Gasteiger partial charge in [-0.1, -0.05) is 61.0 Å². The zero-order valence-electron chi connectivity index (χ0n) is 19.8. The average molecular weight is 463 g/mol. The third-order valence-corrected chi connectivity index (χ3v) is 6.26. The van der Waals surface area contributed by atoms with E-state index >= 15 is 0 Å². The van der Waals surface area contributed by atoms with Gasteiger partial charge in [0.2, 0.25) is 5.82 Å². The van der Waals surface area contributed by atoms with Gasteiger partial charge in [0, 0.05) is 17.8 Å². The minimum absolute atomic E-state index is 0.174. The summed E-state index contributed by atoms with van der Waals surface area (Å²) in [4.78, 5) is 6.92. The van der Waals surface area contributed by atoms with Crippen molar-refractivity contribution in [3.63, 3.8) is 0 Å². The van der Waals surface area contributed by atoms with Crippen molar-refractivity contribution in [2.45, 2.75) is 40.2 Å². The van der Waals surface area contributed by atoms with E-state index in [4.69, 9.17) is 26.5 Å². The van der Waals surface area contributed by atoms with Gasteiger partial charge in [-0.05, 0) is 56.1 Å². The molecule has 1 N–H and O–H groups in total. The summed E-state index contributed by atoms with van der Waals surface area (Å²) in [5.74, 6) is 2.33. The molecule has 3 aromatic rings. The molecule has 1 aliphatic heterocycles. The molecule has 0 saturated carbocycles. The van der Waals surface area contributed by atoms with Crippen molar-refractivity contribution in [2.75, 3.05) is 13.7 Å². The lowest BCUT2D eigenvalue weighted by Crippen LogP contribution is -2.46. The highest BCUT2D eigenvalue weighted by atomic mass is 32.1. The first-order chi connectivity index (χ1) is 15.9. The van der Waals surface area contributed by atoms with Crippen LogP contribution in [-0.2, 0) is 0 Å². The SMILES string of the molecule is COc1cccc(-c2noc(C3=C(C)N(CCC(C)C)C(=S)NC3c3ccc(C)cc3)n2)c1. The number of hydrogen-bond acceptors (Lipinski definition) is 5. The summed E-state index contributed by atoms with van der Waals surface area (Å²) in [7, 11) is 1.64. The molecular weight excluding hydrogens is 432 g/mol. The molecule has 1 atom stereocenters. The maximum atomic E-state index is 5.82. The van der Waals surface area contributed by atoms with Gasteiger partial charge in [-0.2, -0.15) is 4.98 Å². The molecule has 4 rings (SSSR count). The first-order valence-electron chi connectivity index (χ1n) is 11.2. The number of nitrogens with zero attached hydrogens (tertiary/aromatic N) is 3. The number of benzene rings is 2. The van der Waals surface area contributed by atoms with E-state index in [2.05, 4.69) is 67.3 Å². The van der Waals surface area contributed by atoms with E-state index in [1.807, 2.05) is 24.3 Å². The Balaban J connectivity index is 1.78. The number of thiocarbonyl (C=S) groups is 1. The average Bonchev–Trinajstić information content (AvgIpc) is 3.28. The van der Waals surface area contributed by atoms with Crippen molar-refractivity contribution in [2.24, 2.45) is 5.92 Å². The van der Waals surface area contributed by atoms with Crippen LogP contribution >= 0.6 is 12.2 Å². The van der Waals surface area contributed by atoms with Crippen molar-refractivity contribution >= 4 is 22.9 Å². The third kappa shape index (κ3) is 4.93. The third-order valence-electron chi connectivity index (χ3n) is 5.92. The Hall–Kier alpha value is -3.19. The van der Waals surface area contributed by atoms with Crippen LogP contribution in [0.2, 0.25) is 0 Å². The number of allylic oxidation sites excluding steroid dienone is 1. The van der Waals surface area contributed by atoms with E-state index in [1.165, 1.54) is 5.56 Å². The van der Waals surface area contributed by atoms with Crippen LogP contribution in [0.1, 0.15) is 50.3 Å². The van der Waals surface area contributed by atoms with Crippen LogP contribution in [-0.4, -0.2) is 33.8 Å². The lowest BCUT2D eigenvalue weighted by molar-refractivity contribution is 0.390. The summed E-state index contributed by atoms with van der Waals surface area (Å²) >= 11 is 5.77. The molecule has 1 unspecified atom stereocenters. The van der Waals surface area contributed by atoms with Crippen LogP contribution in [0.4, 0.5) is 0 Å². The molecule has 1 aliphatic rings. The topological polar surface area (TPSA) is 63.4 Å². The number of aromatic nitrogens is 2. The Labute approximate surface area is 200 Å². The van der Waals surface area contributed by atoms with Gasteiger partial charge in [0.15, 0.2) is 5.11 Å². The molecule has 172 valence electrons. The standard InChI is InChI=1S/C26H30N4O2S/c1-16(2)13-14-30-18(4)22(23(27-26(30)33)19-11-9-17(3)10-12-19)25-28-24(29-32-25)20-7-6-8-21(15-20)31-5/h6-12,15-16,23H,13-14H2,1-5H3,(H,27,33). The number of methoxy groups -OCH3 is 1. The van der Waals surface area contributed by atoms with Gasteiger partial charge in [0.1, 0.15) is 5.75 Å². The fourth-order valence-corrected chi connectivity index (χ4v) is 4.28. The summed E-state index contributed by atoms with van der Waals surface area (Å²) in [5, 5.41) is 8.52. The molecular formula is C26H30N4O2S. The molecule has 0 fully saturated rings. The molecule has 1 aromatic heterocycles. The molecule has 6 nitrogen and oxygen atoms in total. The Morgan fingerprint density at radius 1 is 1.15 bits per heavy atom. The zero-order chi connectivity index (χ0) is 23.5. The molecule has 0 bridgehead atoms. The monoisotopic (exact) mass is 462 g/mol. The molecule has 0 saturated heterocycles. The van der Waals surface area contributed by atoms with Crippen LogP contribution in [0.25, 0.3) is 17.0 Å². The van der Waals surface area contributed by atoms with E-state index in [9.17, 15) is 0 Å². The van der Waals surface area contributed by atoms with Crippen molar-refractivity contribution in [3.05, 3.63) is 71.2 Å². The normalized spacial score (nSPS) is 16.4. The maximum Gasteiger partial charge on any atom is 0.258 e. The van der Waals surface area contributed by atoms with Gasteiger partial charge in [-0.3, -0.25) is 0 Å². The van der Waals surface area contributed by atoms with Crippen LogP contribution < -0.4 is 10.1 Å². The van der Waals surface area contributed by atoms with E-state index in [0.717, 1.165) is 46.2 Å². The second kappa shape index (κ2) is 9.75. The fourth-order valence-electron chi connectivity index (χ4n) is 3.94. The van der Waals surface area contributed by atoms with Crippen LogP contribution in [0, 0.1) is 12.8 Å². The Kier molecular flexibility index (Phi) is 6.79. The van der Waals surface area contributed by atoms with Crippen molar-refractivity contribution in [1.29, 1.82) is 0 Å². The van der Waals surface area contributed by atoms with Crippen molar-refractivity contribution < 1.29 is 9.26 Å². The second-order valence-corrected chi connectivity index (χ2v) is 9.17. The quantitative estimate of drug-likeness (QED) is 0.448. The van der Waals surface area contributed by atoms with E-state index < -0.39 is 0 Å². The van der Waals surface area contributed by atoms with E-state index in [-0.39, 0.29) is 6.04 Å². The van der Waals surface area contributed by atoms with Crippen LogP contribution in [0.3, 0.4) is 0 Å². The molecule has 2 aromatic carbocycles. The summed E-state index contributed by atoms with van der Waals surface area (Å²) in [5.41, 5.74) is 5.12. The Morgan fingerprint density at radius 2 is 1.91 bits per heavy atom. The predicted octanol–water partition coefficient (Wildman–Crippen LogP) is 5.76. The van der Waals surface area contributed by atoms with Crippen LogP contribution in [0.5, 0.6) is 5.75 Å². The summed E-state index contributed by atoms with van der Waals surface area (Å²) in [6.45, 7) is 9.42. The van der Waals surface area contributed by atoms with E-state index in [1.54, 1.807) is 7.11 Å². The molecule has 33 heavy (non-hydrogen) atoms. The second-order valence-electron chi connectivity index (χ2n) is 8.78. The minimum atomic E-state index is -0.174. The number of rotatable bonds is 7. The Bertz CT molecular complexity index is 1170. The molecule has 0 spiro atoms. The lowest BCUT2D eigenvalue weighted by Gasteiger charge is -2.37. The molecule has 7 heteroatoms. The largest absolute Gasteiger partial charge is 0.497 e. The summed E-state index contributed by atoms with van der Waals surface area (Å²) in [6, 6.07) is 15.9.